The van der Waals surface area contributed by atoms with Crippen LogP contribution in [-0.4, -0.2) is 33.2 Å². The summed E-state index contributed by atoms with van der Waals surface area (Å²) in [5, 5.41) is 21.3. The molecule has 11 nitrogen and oxygen atoms in total. The predicted octanol–water partition coefficient (Wildman–Crippen LogP) is 5.48. The van der Waals surface area contributed by atoms with E-state index in [0.29, 0.717) is 11.4 Å². The number of rotatable bonds is 9. The van der Waals surface area contributed by atoms with Crippen molar-refractivity contribution >= 4 is 57.1 Å². The van der Waals surface area contributed by atoms with Gasteiger partial charge in [-0.2, -0.15) is 20.1 Å². The number of methoxy groups -OCH3 is 1. The molecule has 1 aromatic heterocycles. The number of hydrogen-bond donors (Lipinski definition) is 3. The Kier molecular flexibility index (Phi) is 7.43. The van der Waals surface area contributed by atoms with Crippen molar-refractivity contribution in [1.82, 2.24) is 15.0 Å². The summed E-state index contributed by atoms with van der Waals surface area (Å²) in [5.41, 5.74) is 4.89. The Morgan fingerprint density at radius 2 is 1.54 bits per heavy atom. The van der Waals surface area contributed by atoms with E-state index in [4.69, 9.17) is 4.74 Å². The van der Waals surface area contributed by atoms with Crippen LogP contribution in [0.1, 0.15) is 5.56 Å². The molecular weight excluding hydrogens is 516 g/mol. The molecule has 176 valence electrons. The molecule has 4 rings (SSSR count). The van der Waals surface area contributed by atoms with E-state index < -0.39 is 4.92 Å². The molecule has 4 aromatic rings. The fraction of sp³-hybridized carbons (Fsp3) is 0.0435. The molecule has 0 amide bonds. The summed E-state index contributed by atoms with van der Waals surface area (Å²) in [6, 6.07) is 20.9. The van der Waals surface area contributed by atoms with E-state index in [0.717, 1.165) is 15.7 Å². The van der Waals surface area contributed by atoms with Crippen molar-refractivity contribution in [3.05, 3.63) is 92.9 Å². The van der Waals surface area contributed by atoms with Gasteiger partial charge in [-0.25, -0.2) is 5.43 Å². The maximum atomic E-state index is 10.9. The van der Waals surface area contributed by atoms with Crippen molar-refractivity contribution in [2.24, 2.45) is 5.10 Å². The number of benzene rings is 3. The second kappa shape index (κ2) is 11.0. The van der Waals surface area contributed by atoms with Crippen LogP contribution >= 0.6 is 15.9 Å². The zero-order chi connectivity index (χ0) is 24.6. The molecule has 0 unspecified atom stereocenters. The summed E-state index contributed by atoms with van der Waals surface area (Å²) in [6.07, 6.45) is 1.58. The second-order valence-electron chi connectivity index (χ2n) is 6.98. The number of halogens is 1. The lowest BCUT2D eigenvalue weighted by Gasteiger charge is -2.10. The number of hydrogen-bond acceptors (Lipinski definition) is 10. The van der Waals surface area contributed by atoms with Crippen LogP contribution in [0.5, 0.6) is 5.75 Å². The zero-order valence-corrected chi connectivity index (χ0v) is 19.9. The number of non-ortho nitro benzene ring substituents is 1. The molecule has 3 aromatic carbocycles. The summed E-state index contributed by atoms with van der Waals surface area (Å²) >= 11 is 3.43. The van der Waals surface area contributed by atoms with Crippen LogP contribution in [0.2, 0.25) is 0 Å². The summed E-state index contributed by atoms with van der Waals surface area (Å²) in [7, 11) is 1.58. The van der Waals surface area contributed by atoms with Crippen molar-refractivity contribution in [3.63, 3.8) is 0 Å². The molecule has 0 aliphatic heterocycles. The van der Waals surface area contributed by atoms with E-state index >= 15 is 0 Å². The Bertz CT molecular complexity index is 1350. The summed E-state index contributed by atoms with van der Waals surface area (Å²) in [4.78, 5) is 23.6. The van der Waals surface area contributed by atoms with Crippen molar-refractivity contribution in [1.29, 1.82) is 0 Å². The molecule has 0 radical (unpaired) electrons. The van der Waals surface area contributed by atoms with Crippen LogP contribution < -0.4 is 20.8 Å². The van der Waals surface area contributed by atoms with Gasteiger partial charge in [0.1, 0.15) is 5.75 Å². The van der Waals surface area contributed by atoms with E-state index in [1.165, 1.54) is 12.1 Å². The Labute approximate surface area is 208 Å². The van der Waals surface area contributed by atoms with Crippen molar-refractivity contribution in [2.45, 2.75) is 0 Å². The maximum absolute atomic E-state index is 10.9. The SMILES string of the molecule is COc1ccc(Br)cc1/C=N\Nc1nc(Nc2ccccc2)nc(Nc2ccc([N+](=O)[O-])cc2)n1. The molecular formula is C23H19BrN8O3. The number of ether oxygens (including phenoxy) is 1. The highest BCUT2D eigenvalue weighted by Gasteiger charge is 2.09. The van der Waals surface area contributed by atoms with Gasteiger partial charge in [-0.05, 0) is 42.5 Å². The maximum Gasteiger partial charge on any atom is 0.269 e. The number of nitrogens with one attached hydrogen (secondary N) is 3. The molecule has 1 heterocycles. The van der Waals surface area contributed by atoms with Gasteiger partial charge in [0.15, 0.2) is 0 Å². The molecule has 0 bridgehead atoms. The highest BCUT2D eigenvalue weighted by atomic mass is 79.9. The summed E-state index contributed by atoms with van der Waals surface area (Å²) < 4.78 is 6.23. The topological polar surface area (TPSA) is 139 Å². The molecule has 0 aliphatic rings. The van der Waals surface area contributed by atoms with Crippen LogP contribution in [0, 0.1) is 10.1 Å². The van der Waals surface area contributed by atoms with E-state index in [2.05, 4.69) is 52.0 Å². The third-order valence-electron chi connectivity index (χ3n) is 4.56. The molecule has 0 spiro atoms. The standard InChI is InChI=1S/C23H19BrN8O3/c1-35-20-12-7-16(24)13-15(20)14-25-31-23-29-21(26-17-5-3-2-4-6-17)28-22(30-23)27-18-8-10-19(11-9-18)32(33)34/h2-14H,1H3,(H3,26,27,28,29,30,31)/b25-14-. The summed E-state index contributed by atoms with van der Waals surface area (Å²) in [6.45, 7) is 0. The minimum atomic E-state index is -0.463. The van der Waals surface area contributed by atoms with Crippen molar-refractivity contribution < 1.29 is 9.66 Å². The van der Waals surface area contributed by atoms with Gasteiger partial charge in [0.25, 0.3) is 5.69 Å². The Balaban J connectivity index is 1.59. The quantitative estimate of drug-likeness (QED) is 0.144. The first-order valence-electron chi connectivity index (χ1n) is 10.2. The van der Waals surface area contributed by atoms with E-state index in [1.807, 2.05) is 48.5 Å². The number of nitro groups is 1. The molecule has 35 heavy (non-hydrogen) atoms. The van der Waals surface area contributed by atoms with Gasteiger partial charge in [0, 0.05) is 33.5 Å². The fourth-order valence-corrected chi connectivity index (χ4v) is 3.33. The number of hydrazone groups is 1. The van der Waals surface area contributed by atoms with Gasteiger partial charge in [0.05, 0.1) is 18.2 Å². The third kappa shape index (κ3) is 6.48. The highest BCUT2D eigenvalue weighted by Crippen LogP contribution is 2.22. The number of nitrogens with zero attached hydrogens (tertiary/aromatic N) is 5. The molecule has 0 fully saturated rings. The monoisotopic (exact) mass is 534 g/mol. The van der Waals surface area contributed by atoms with E-state index in [9.17, 15) is 10.1 Å². The Morgan fingerprint density at radius 1 is 0.914 bits per heavy atom. The van der Waals surface area contributed by atoms with E-state index in [1.54, 1.807) is 25.5 Å². The molecule has 12 heteroatoms. The molecule has 0 saturated heterocycles. The lowest BCUT2D eigenvalue weighted by Crippen LogP contribution is -2.07. The van der Waals surface area contributed by atoms with Crippen molar-refractivity contribution in [3.8, 4) is 5.75 Å². The Morgan fingerprint density at radius 3 is 2.17 bits per heavy atom. The third-order valence-corrected chi connectivity index (χ3v) is 5.05. The van der Waals surface area contributed by atoms with E-state index in [-0.39, 0.29) is 23.5 Å². The molecule has 0 aliphatic carbocycles. The van der Waals surface area contributed by atoms with Gasteiger partial charge in [-0.1, -0.05) is 34.1 Å². The number of para-hydroxylation sites is 1. The van der Waals surface area contributed by atoms with Crippen LogP contribution in [0.25, 0.3) is 0 Å². The second-order valence-corrected chi connectivity index (χ2v) is 7.90. The predicted molar refractivity (Wildman–Crippen MR) is 138 cm³/mol. The largest absolute Gasteiger partial charge is 0.496 e. The highest BCUT2D eigenvalue weighted by molar-refractivity contribution is 9.10. The molecule has 0 saturated carbocycles. The molecule has 3 N–H and O–H groups in total. The first kappa shape index (κ1) is 23.6. The number of nitro benzene ring substituents is 1. The van der Waals surface area contributed by atoms with Crippen LogP contribution in [0.3, 0.4) is 0 Å². The minimum absolute atomic E-state index is 0.0164. The van der Waals surface area contributed by atoms with Gasteiger partial charge in [0.2, 0.25) is 17.8 Å². The number of anilines is 5. The smallest absolute Gasteiger partial charge is 0.269 e. The first-order chi connectivity index (χ1) is 17.0. The van der Waals surface area contributed by atoms with Crippen LogP contribution in [0.15, 0.2) is 82.4 Å². The average molecular weight is 535 g/mol. The van der Waals surface area contributed by atoms with Crippen LogP contribution in [0.4, 0.5) is 34.9 Å². The number of aromatic nitrogens is 3. The normalized spacial score (nSPS) is 10.7. The lowest BCUT2D eigenvalue weighted by molar-refractivity contribution is -0.384. The Hall–Kier alpha value is -4.58. The van der Waals surface area contributed by atoms with Gasteiger partial charge in [-0.15, -0.1) is 0 Å². The lowest BCUT2D eigenvalue weighted by atomic mass is 10.2. The van der Waals surface area contributed by atoms with Gasteiger partial charge >= 0.3 is 0 Å². The zero-order valence-electron chi connectivity index (χ0n) is 18.3. The van der Waals surface area contributed by atoms with Crippen LogP contribution in [-0.2, 0) is 0 Å². The first-order valence-corrected chi connectivity index (χ1v) is 11.0. The average Bonchev–Trinajstić information content (AvgIpc) is 2.85. The summed E-state index contributed by atoms with van der Waals surface area (Å²) in [5.74, 6) is 1.31. The fourth-order valence-electron chi connectivity index (χ4n) is 2.95. The van der Waals surface area contributed by atoms with Gasteiger partial charge < -0.3 is 15.4 Å². The van der Waals surface area contributed by atoms with Gasteiger partial charge in [-0.3, -0.25) is 10.1 Å². The minimum Gasteiger partial charge on any atom is -0.496 e. The molecule has 0 atom stereocenters. The van der Waals surface area contributed by atoms with Crippen molar-refractivity contribution in [2.75, 3.05) is 23.2 Å².